The summed E-state index contributed by atoms with van der Waals surface area (Å²) in [4.78, 5) is 228. The molecule has 18 N–H and O–H groups in total. The molecule has 0 saturated heterocycles. The quantitative estimate of drug-likeness (QED) is 0.0284. The molecule has 0 unspecified atom stereocenters. The Morgan fingerprint density at radius 1 is 0.156 bits per heavy atom. The highest BCUT2D eigenvalue weighted by molar-refractivity contribution is 6.00. The first-order chi connectivity index (χ1) is 41.4. The van der Waals surface area contributed by atoms with Crippen molar-refractivity contribution in [2.45, 2.75) is 227 Å². The molecule has 0 aliphatic heterocycles. The predicted octanol–water partition coefficient (Wildman–Crippen LogP) is -8.67. The van der Waals surface area contributed by atoms with Crippen LogP contribution in [0.1, 0.15) is 125 Å². The molecule has 0 radical (unpaired) electrons. The third kappa shape index (κ3) is 28.5. The smallest absolute Gasteiger partial charge is 0.242 e. The van der Waals surface area contributed by atoms with Crippen molar-refractivity contribution in [2.24, 2.45) is 0 Å². The summed E-state index contributed by atoms with van der Waals surface area (Å²) in [6.45, 7) is 23.6. The molecule has 0 aromatic heterocycles. The van der Waals surface area contributed by atoms with E-state index in [2.05, 4.69) is 95.7 Å². The Kier molecular flexibility index (Phi) is 34.0. The summed E-state index contributed by atoms with van der Waals surface area (Å²) in [5.74, 6) is -13.7. The van der Waals surface area contributed by atoms with E-state index in [1.807, 2.05) is 0 Å². The number of carbonyl (C=O) groups is 18. The second kappa shape index (κ2) is 38.0. The van der Waals surface area contributed by atoms with E-state index in [1.165, 1.54) is 132 Å². The molecule has 0 bridgehead atoms. The molecule has 36 nitrogen and oxygen atoms in total. The van der Waals surface area contributed by atoms with Crippen molar-refractivity contribution in [3.63, 3.8) is 0 Å². The first-order valence-corrected chi connectivity index (χ1v) is 28.8. The molecule has 506 valence electrons. The average molecular weight is 1280 g/mol. The third-order valence-corrected chi connectivity index (χ3v) is 13.1. The fourth-order valence-corrected chi connectivity index (χ4v) is 7.05. The minimum Gasteiger partial charge on any atom is -0.357 e. The van der Waals surface area contributed by atoms with Gasteiger partial charge in [-0.05, 0) is 118 Å². The van der Waals surface area contributed by atoms with Crippen molar-refractivity contribution in [1.82, 2.24) is 95.7 Å². The van der Waals surface area contributed by atoms with E-state index in [0.29, 0.717) is 0 Å². The summed E-state index contributed by atoms with van der Waals surface area (Å²) in [5.41, 5.74) is 0. The molecular weight excluding hydrogens is 1190 g/mol. The highest BCUT2D eigenvalue weighted by atomic mass is 16.2. The summed E-state index contributed by atoms with van der Waals surface area (Å²) in [6, 6.07) is -20.2. The van der Waals surface area contributed by atoms with Crippen LogP contribution < -0.4 is 95.7 Å². The van der Waals surface area contributed by atoms with Crippen LogP contribution in [0.5, 0.6) is 0 Å². The van der Waals surface area contributed by atoms with Crippen molar-refractivity contribution in [1.29, 1.82) is 0 Å². The highest BCUT2D eigenvalue weighted by Crippen LogP contribution is 2.00. The monoisotopic (exact) mass is 1280 g/mol. The zero-order valence-corrected chi connectivity index (χ0v) is 54.2. The Labute approximate surface area is 521 Å². The lowest BCUT2D eigenvalue weighted by atomic mass is 10.2. The Balaban J connectivity index is 5.01. The average Bonchev–Trinajstić information content (AvgIpc) is 2.76. The van der Waals surface area contributed by atoms with Gasteiger partial charge in [0, 0.05) is 14.0 Å². The Hall–Kier alpha value is -9.54. The Morgan fingerprint density at radius 2 is 0.233 bits per heavy atom. The lowest BCUT2D eigenvalue weighted by Crippen LogP contribution is -2.59. The number of hydrogen-bond donors (Lipinski definition) is 18. The van der Waals surface area contributed by atoms with E-state index in [0.717, 1.165) is 0 Å². The number of carbonyl (C=O) groups excluding carboxylic acids is 18. The number of amides is 18. The van der Waals surface area contributed by atoms with E-state index >= 15 is 0 Å². The minimum absolute atomic E-state index is 0.456. The van der Waals surface area contributed by atoms with Crippen molar-refractivity contribution in [3.8, 4) is 0 Å². The summed E-state index contributed by atoms with van der Waals surface area (Å²) in [6.07, 6.45) is 0. The van der Waals surface area contributed by atoms with Crippen LogP contribution in [0.4, 0.5) is 0 Å². The predicted molar refractivity (Wildman–Crippen MR) is 319 cm³/mol. The van der Waals surface area contributed by atoms with Gasteiger partial charge in [0.2, 0.25) is 106 Å². The zero-order valence-electron chi connectivity index (χ0n) is 54.2. The molecule has 90 heavy (non-hydrogen) atoms. The highest BCUT2D eigenvalue weighted by Gasteiger charge is 2.32. The van der Waals surface area contributed by atoms with Gasteiger partial charge in [0.1, 0.15) is 103 Å². The van der Waals surface area contributed by atoms with Gasteiger partial charge in [0.05, 0.1) is 0 Å². The fraction of sp³-hybridized carbons (Fsp3) is 0.667. The van der Waals surface area contributed by atoms with E-state index in [1.54, 1.807) is 0 Å². The first kappa shape index (κ1) is 80.5. The topological polar surface area (TPSA) is 524 Å². The molecule has 0 aromatic carbocycles. The van der Waals surface area contributed by atoms with Crippen LogP contribution >= 0.6 is 0 Å². The molecule has 0 spiro atoms. The van der Waals surface area contributed by atoms with Gasteiger partial charge in [-0.2, -0.15) is 0 Å². The van der Waals surface area contributed by atoms with Gasteiger partial charge in [-0.1, -0.05) is 0 Å². The molecule has 18 amide bonds. The van der Waals surface area contributed by atoms with Crippen molar-refractivity contribution in [2.75, 3.05) is 7.05 Å². The van der Waals surface area contributed by atoms with Crippen LogP contribution in [0.15, 0.2) is 0 Å². The molecule has 0 fully saturated rings. The van der Waals surface area contributed by atoms with Gasteiger partial charge < -0.3 is 95.7 Å². The SMILES string of the molecule is CNC(=O)[C@H](C)NC(=O)[C@H](C)NC(=O)[C@H](C)NC(=O)[C@H](C)NC(=O)[C@H](C)NC(=O)[C@H](C)NC(=O)[C@H](C)NC(=O)[C@H](C)NC(=O)[C@H](C)NC(=O)[C@H](C)NC(=O)[C@H](C)NC(=O)[C@H](C)NC(=O)[C@H](C)NC(=O)[C@H](C)NC(=O)[C@H](C)NC(=O)[C@H](C)NC(=O)[C@H](C)NC(C)=O. The second-order valence-electron chi connectivity index (χ2n) is 21.7. The largest absolute Gasteiger partial charge is 0.357 e. The number of rotatable bonds is 34. The normalized spacial score (nSPS) is 16.4. The van der Waals surface area contributed by atoms with Crippen LogP contribution in [0.2, 0.25) is 0 Å². The van der Waals surface area contributed by atoms with Crippen molar-refractivity contribution >= 4 is 106 Å². The lowest BCUT2D eigenvalue weighted by Gasteiger charge is -2.24. The van der Waals surface area contributed by atoms with Gasteiger partial charge in [-0.15, -0.1) is 0 Å². The van der Waals surface area contributed by atoms with Crippen LogP contribution in [-0.2, 0) is 86.3 Å². The maximum Gasteiger partial charge on any atom is 0.242 e. The molecule has 0 heterocycles. The van der Waals surface area contributed by atoms with Gasteiger partial charge >= 0.3 is 0 Å². The Bertz CT molecular complexity index is 2690. The number of hydrogen-bond acceptors (Lipinski definition) is 18. The number of nitrogens with one attached hydrogen (secondary N) is 18. The Morgan fingerprint density at radius 3 is 0.311 bits per heavy atom. The van der Waals surface area contributed by atoms with Crippen molar-refractivity contribution < 1.29 is 86.3 Å². The molecule has 36 heteroatoms. The van der Waals surface area contributed by atoms with E-state index in [9.17, 15) is 86.3 Å². The van der Waals surface area contributed by atoms with Crippen LogP contribution in [0, 0.1) is 0 Å². The molecule has 0 aliphatic carbocycles. The molecule has 0 aliphatic rings. The molecule has 0 aromatic rings. The molecule has 0 saturated carbocycles. The minimum atomic E-state index is -1.28. The first-order valence-electron chi connectivity index (χ1n) is 28.8. The van der Waals surface area contributed by atoms with Crippen LogP contribution in [-0.4, -0.2) is 216 Å². The van der Waals surface area contributed by atoms with E-state index in [-0.39, 0.29) is 0 Å². The van der Waals surface area contributed by atoms with Crippen molar-refractivity contribution in [3.05, 3.63) is 0 Å². The van der Waals surface area contributed by atoms with Crippen LogP contribution in [0.3, 0.4) is 0 Å². The molecule has 0 rings (SSSR count). The maximum atomic E-state index is 13.0. The van der Waals surface area contributed by atoms with E-state index in [4.69, 9.17) is 0 Å². The van der Waals surface area contributed by atoms with Gasteiger partial charge in [-0.3, -0.25) is 86.3 Å². The fourth-order valence-electron chi connectivity index (χ4n) is 7.05. The van der Waals surface area contributed by atoms with Gasteiger partial charge in [0.15, 0.2) is 0 Å². The maximum absolute atomic E-state index is 13.0. The molecule has 17 atom stereocenters. The molecular formula is C54H92N18O18. The second-order valence-corrected chi connectivity index (χ2v) is 21.7. The zero-order chi connectivity index (χ0) is 69.9. The van der Waals surface area contributed by atoms with Gasteiger partial charge in [0.25, 0.3) is 0 Å². The standard InChI is InChI=1S/C54H92N18O18/c1-20(38(74)55-19)57-40(76)22(3)59-42(78)24(5)61-44(80)26(7)63-46(82)28(9)65-48(84)30(11)67-50(86)32(13)69-52(88)34(15)71-54(90)36(17)72-53(89)35(16)70-51(87)33(14)68-49(85)31(12)66-47(83)29(10)64-45(81)27(8)62-43(79)25(6)60-41(77)23(4)58-39(75)21(2)56-37(18)73/h20-36H,1-19H3,(H,55,74)(H,56,73)(H,57,76)(H,58,75)(H,59,78)(H,60,77)(H,61,80)(H,62,79)(H,63,82)(H,64,81)(H,65,84)(H,66,83)(H,67,86)(H,68,85)(H,69,88)(H,70,87)(H,71,90)(H,72,89)/t20-,21-,22-,23-,24-,25-,26-,27-,28-,29-,30-,31-,32-,33-,34-,35-,36-/m0/s1. The summed E-state index contributed by atoms with van der Waals surface area (Å²) in [7, 11) is 1.39. The summed E-state index contributed by atoms with van der Waals surface area (Å²) < 4.78 is 0. The van der Waals surface area contributed by atoms with Crippen LogP contribution in [0.25, 0.3) is 0 Å². The van der Waals surface area contributed by atoms with Gasteiger partial charge in [-0.25, -0.2) is 0 Å². The third-order valence-electron chi connectivity index (χ3n) is 13.1. The summed E-state index contributed by atoms with van der Waals surface area (Å²) in [5, 5.41) is 42.9. The summed E-state index contributed by atoms with van der Waals surface area (Å²) >= 11 is 0. The number of likely N-dealkylation sites (N-methyl/N-ethyl adjacent to an activating group) is 1. The lowest BCUT2D eigenvalue weighted by molar-refractivity contribution is -0.135. The van der Waals surface area contributed by atoms with E-state index < -0.39 is 209 Å².